The van der Waals surface area contributed by atoms with E-state index in [1.54, 1.807) is 0 Å². The quantitative estimate of drug-likeness (QED) is 0.824. The van der Waals surface area contributed by atoms with Gasteiger partial charge >= 0.3 is 0 Å². The average Bonchev–Trinajstić information content (AvgIpc) is 2.29. The highest BCUT2D eigenvalue weighted by atomic mass is 32.2. The topological polar surface area (TPSA) is 30.5 Å². The number of hydrogen-bond donors (Lipinski definition) is 1. The molecule has 0 spiro atoms. The Morgan fingerprint density at radius 2 is 2.00 bits per heavy atom. The largest absolute Gasteiger partial charge is 0.349 e. The molecule has 0 aliphatic carbocycles. The summed E-state index contributed by atoms with van der Waals surface area (Å²) in [5.41, 5.74) is 0. The summed E-state index contributed by atoms with van der Waals surface area (Å²) in [6.07, 6.45) is 4.15. The molecule has 1 N–H and O–H groups in total. The molecule has 0 aromatic heterocycles. The van der Waals surface area contributed by atoms with Gasteiger partial charge in [0.15, 0.2) is 5.79 Å². The highest BCUT2D eigenvalue weighted by Crippen LogP contribution is 2.24. The zero-order valence-electron chi connectivity index (χ0n) is 10.3. The van der Waals surface area contributed by atoms with Gasteiger partial charge < -0.3 is 14.8 Å². The molecule has 16 heavy (non-hydrogen) atoms. The summed E-state index contributed by atoms with van der Waals surface area (Å²) in [5.74, 6) is 0.939. The van der Waals surface area contributed by atoms with E-state index in [1.807, 2.05) is 13.8 Å². The van der Waals surface area contributed by atoms with Crippen LogP contribution in [0.15, 0.2) is 0 Å². The Hall–Kier alpha value is 0.230. The van der Waals surface area contributed by atoms with Crippen LogP contribution in [-0.4, -0.2) is 42.6 Å². The third-order valence-corrected chi connectivity index (χ3v) is 4.57. The maximum absolute atomic E-state index is 5.63. The highest BCUT2D eigenvalue weighted by Gasteiger charge is 2.28. The molecule has 2 aliphatic heterocycles. The van der Waals surface area contributed by atoms with Gasteiger partial charge in [-0.2, -0.15) is 11.8 Å². The van der Waals surface area contributed by atoms with Gasteiger partial charge in [-0.25, -0.2) is 0 Å². The molecule has 4 heteroatoms. The molecule has 2 heterocycles. The lowest BCUT2D eigenvalue weighted by Gasteiger charge is -2.36. The summed E-state index contributed by atoms with van der Waals surface area (Å²) in [6.45, 7) is 6.58. The molecular weight excluding hydrogens is 222 g/mol. The second-order valence-corrected chi connectivity index (χ2v) is 6.52. The SMILES string of the molecule is CC1(C)OCC(NCC2CCCCS2)CO1. The molecular formula is C12H23NO2S. The minimum Gasteiger partial charge on any atom is -0.349 e. The zero-order chi connectivity index (χ0) is 11.4. The van der Waals surface area contributed by atoms with Crippen LogP contribution in [0.3, 0.4) is 0 Å². The van der Waals surface area contributed by atoms with Gasteiger partial charge in [-0.15, -0.1) is 0 Å². The van der Waals surface area contributed by atoms with E-state index in [1.165, 1.54) is 25.0 Å². The van der Waals surface area contributed by atoms with Crippen molar-refractivity contribution in [3.8, 4) is 0 Å². The third-order valence-electron chi connectivity index (χ3n) is 3.17. The van der Waals surface area contributed by atoms with Crippen LogP contribution < -0.4 is 5.32 Å². The molecule has 2 rings (SSSR count). The first-order valence-corrected chi connectivity index (χ1v) is 7.33. The minimum atomic E-state index is -0.391. The second kappa shape index (κ2) is 5.71. The van der Waals surface area contributed by atoms with Crippen LogP contribution in [0, 0.1) is 0 Å². The van der Waals surface area contributed by atoms with Crippen LogP contribution in [0.4, 0.5) is 0 Å². The lowest BCUT2D eigenvalue weighted by Crippen LogP contribution is -2.49. The summed E-state index contributed by atoms with van der Waals surface area (Å²) < 4.78 is 11.3. The van der Waals surface area contributed by atoms with Crippen LogP contribution in [0.5, 0.6) is 0 Å². The zero-order valence-corrected chi connectivity index (χ0v) is 11.1. The molecule has 0 aromatic rings. The molecule has 0 amide bonds. The number of hydrogen-bond acceptors (Lipinski definition) is 4. The van der Waals surface area contributed by atoms with Gasteiger partial charge in [-0.3, -0.25) is 0 Å². The Balaban J connectivity index is 1.63. The average molecular weight is 245 g/mol. The van der Waals surface area contributed by atoms with Crippen LogP contribution in [0.25, 0.3) is 0 Å². The molecule has 0 aromatic carbocycles. The van der Waals surface area contributed by atoms with Crippen molar-refractivity contribution in [1.29, 1.82) is 0 Å². The van der Waals surface area contributed by atoms with E-state index >= 15 is 0 Å². The third kappa shape index (κ3) is 3.91. The molecule has 3 nitrogen and oxygen atoms in total. The molecule has 0 bridgehead atoms. The smallest absolute Gasteiger partial charge is 0.162 e. The standard InChI is InChI=1S/C12H23NO2S/c1-12(2)14-8-10(9-15-12)13-7-11-5-3-4-6-16-11/h10-11,13H,3-9H2,1-2H3. The van der Waals surface area contributed by atoms with E-state index < -0.39 is 5.79 Å². The first-order valence-electron chi connectivity index (χ1n) is 6.29. The normalized spacial score (nSPS) is 31.5. The monoisotopic (exact) mass is 245 g/mol. The van der Waals surface area contributed by atoms with Crippen molar-refractivity contribution in [3.05, 3.63) is 0 Å². The number of nitrogens with one attached hydrogen (secondary N) is 1. The van der Waals surface area contributed by atoms with E-state index in [0.29, 0.717) is 6.04 Å². The number of thioether (sulfide) groups is 1. The summed E-state index contributed by atoms with van der Waals surface area (Å²) in [5, 5.41) is 4.35. The molecule has 94 valence electrons. The van der Waals surface area contributed by atoms with Crippen LogP contribution in [0.2, 0.25) is 0 Å². The van der Waals surface area contributed by atoms with Gasteiger partial charge in [0, 0.05) is 11.8 Å². The summed E-state index contributed by atoms with van der Waals surface area (Å²) in [4.78, 5) is 0. The maximum atomic E-state index is 5.63. The van der Waals surface area contributed by atoms with E-state index in [0.717, 1.165) is 25.0 Å². The first kappa shape index (κ1) is 12.7. The fourth-order valence-corrected chi connectivity index (χ4v) is 3.33. The van der Waals surface area contributed by atoms with Crippen molar-refractivity contribution in [3.63, 3.8) is 0 Å². The van der Waals surface area contributed by atoms with Crippen LogP contribution in [-0.2, 0) is 9.47 Å². The molecule has 1 unspecified atom stereocenters. The van der Waals surface area contributed by atoms with Gasteiger partial charge in [-0.05, 0) is 32.4 Å². The number of ether oxygens (including phenoxy) is 2. The molecule has 1 atom stereocenters. The Morgan fingerprint density at radius 3 is 2.62 bits per heavy atom. The van der Waals surface area contributed by atoms with E-state index in [2.05, 4.69) is 17.1 Å². The van der Waals surface area contributed by atoms with Crippen LogP contribution >= 0.6 is 11.8 Å². The Kier molecular flexibility index (Phi) is 4.53. The Bertz CT molecular complexity index is 207. The minimum absolute atomic E-state index is 0.371. The molecule has 2 fully saturated rings. The summed E-state index contributed by atoms with van der Waals surface area (Å²) in [6, 6.07) is 0.371. The van der Waals surface area contributed by atoms with E-state index in [9.17, 15) is 0 Å². The Morgan fingerprint density at radius 1 is 1.25 bits per heavy atom. The van der Waals surface area contributed by atoms with E-state index in [-0.39, 0.29) is 0 Å². The lowest BCUT2D eigenvalue weighted by atomic mass is 10.2. The van der Waals surface area contributed by atoms with Gasteiger partial charge in [-0.1, -0.05) is 6.42 Å². The van der Waals surface area contributed by atoms with Crippen molar-refractivity contribution < 1.29 is 9.47 Å². The molecule has 2 aliphatic rings. The lowest BCUT2D eigenvalue weighted by molar-refractivity contribution is -0.252. The molecule has 0 radical (unpaired) electrons. The fourth-order valence-electron chi connectivity index (χ4n) is 2.08. The predicted octanol–water partition coefficient (Wildman–Crippen LogP) is 2.01. The van der Waals surface area contributed by atoms with Crippen molar-refractivity contribution in [2.24, 2.45) is 0 Å². The fraction of sp³-hybridized carbons (Fsp3) is 1.00. The van der Waals surface area contributed by atoms with Gasteiger partial charge in [0.1, 0.15) is 0 Å². The number of rotatable bonds is 3. The molecule has 0 saturated carbocycles. The van der Waals surface area contributed by atoms with Gasteiger partial charge in [0.2, 0.25) is 0 Å². The summed E-state index contributed by atoms with van der Waals surface area (Å²) in [7, 11) is 0. The van der Waals surface area contributed by atoms with Gasteiger partial charge in [0.05, 0.1) is 19.3 Å². The van der Waals surface area contributed by atoms with Crippen molar-refractivity contribution in [1.82, 2.24) is 5.32 Å². The summed E-state index contributed by atoms with van der Waals surface area (Å²) >= 11 is 2.11. The predicted molar refractivity (Wildman–Crippen MR) is 67.9 cm³/mol. The highest BCUT2D eigenvalue weighted by molar-refractivity contribution is 7.99. The maximum Gasteiger partial charge on any atom is 0.162 e. The van der Waals surface area contributed by atoms with Crippen molar-refractivity contribution >= 4 is 11.8 Å². The van der Waals surface area contributed by atoms with E-state index in [4.69, 9.17) is 9.47 Å². The van der Waals surface area contributed by atoms with Crippen molar-refractivity contribution in [2.45, 2.75) is 50.2 Å². The first-order chi connectivity index (χ1) is 7.66. The molecule has 2 saturated heterocycles. The van der Waals surface area contributed by atoms with Crippen LogP contribution in [0.1, 0.15) is 33.1 Å². The second-order valence-electron chi connectivity index (χ2n) is 5.12. The van der Waals surface area contributed by atoms with Gasteiger partial charge in [0.25, 0.3) is 0 Å². The van der Waals surface area contributed by atoms with Crippen molar-refractivity contribution in [2.75, 3.05) is 25.5 Å². The Labute approximate surface area is 103 Å².